The van der Waals surface area contributed by atoms with Crippen molar-refractivity contribution in [3.05, 3.63) is 82.3 Å². The summed E-state index contributed by atoms with van der Waals surface area (Å²) in [5.41, 5.74) is 3.66. The van der Waals surface area contributed by atoms with E-state index in [0.29, 0.717) is 27.8 Å². The SMILES string of the molecule is COc1ccc(/C(C)=N\NC(=O)CN(c2ccc(Cl)cc2Cl)S(=O)(=O)c2ccccc2)cc1OC. The smallest absolute Gasteiger partial charge is 0.264 e. The number of rotatable bonds is 9. The molecule has 3 rings (SSSR count). The van der Waals surface area contributed by atoms with Gasteiger partial charge in [-0.2, -0.15) is 5.10 Å². The van der Waals surface area contributed by atoms with Gasteiger partial charge < -0.3 is 9.47 Å². The monoisotopic (exact) mass is 535 g/mol. The fourth-order valence-electron chi connectivity index (χ4n) is 3.14. The Morgan fingerprint density at radius 2 is 1.66 bits per heavy atom. The van der Waals surface area contributed by atoms with Gasteiger partial charge in [0.25, 0.3) is 15.9 Å². The Kier molecular flexibility index (Phi) is 8.61. The minimum absolute atomic E-state index is 0.00354. The zero-order chi connectivity index (χ0) is 25.6. The van der Waals surface area contributed by atoms with Crippen LogP contribution in [-0.2, 0) is 14.8 Å². The minimum atomic E-state index is -4.13. The Morgan fingerprint density at radius 1 is 0.971 bits per heavy atom. The number of ether oxygens (including phenoxy) is 2. The number of benzene rings is 3. The van der Waals surface area contributed by atoms with E-state index in [2.05, 4.69) is 10.5 Å². The Hall–Kier alpha value is -3.27. The lowest BCUT2D eigenvalue weighted by Gasteiger charge is -2.24. The summed E-state index contributed by atoms with van der Waals surface area (Å²) >= 11 is 12.3. The molecule has 0 saturated carbocycles. The summed E-state index contributed by atoms with van der Waals surface area (Å²) in [7, 11) is -1.08. The number of hydrogen-bond acceptors (Lipinski definition) is 6. The maximum atomic E-state index is 13.4. The molecule has 3 aromatic rings. The summed E-state index contributed by atoms with van der Waals surface area (Å²) in [5.74, 6) is 0.383. The minimum Gasteiger partial charge on any atom is -0.493 e. The molecule has 0 bridgehead atoms. The Balaban J connectivity index is 1.88. The molecule has 0 aliphatic heterocycles. The first-order chi connectivity index (χ1) is 16.7. The van der Waals surface area contributed by atoms with E-state index < -0.39 is 22.5 Å². The highest BCUT2D eigenvalue weighted by molar-refractivity contribution is 7.92. The van der Waals surface area contributed by atoms with E-state index in [1.807, 2.05) is 0 Å². The van der Waals surface area contributed by atoms with E-state index in [4.69, 9.17) is 32.7 Å². The zero-order valence-electron chi connectivity index (χ0n) is 19.2. The van der Waals surface area contributed by atoms with Gasteiger partial charge in [-0.3, -0.25) is 9.10 Å². The second kappa shape index (κ2) is 11.4. The van der Waals surface area contributed by atoms with Gasteiger partial charge in [0.05, 0.1) is 35.5 Å². The van der Waals surface area contributed by atoms with Crippen molar-refractivity contribution in [2.24, 2.45) is 5.10 Å². The molecule has 0 radical (unpaired) electrons. The quantitative estimate of drug-likeness (QED) is 0.315. The lowest BCUT2D eigenvalue weighted by atomic mass is 10.1. The van der Waals surface area contributed by atoms with Crippen molar-refractivity contribution in [1.82, 2.24) is 5.43 Å². The van der Waals surface area contributed by atoms with Crippen molar-refractivity contribution in [2.75, 3.05) is 25.1 Å². The number of amides is 1. The highest BCUT2D eigenvalue weighted by Gasteiger charge is 2.28. The van der Waals surface area contributed by atoms with Crippen LogP contribution in [0.5, 0.6) is 11.5 Å². The summed E-state index contributed by atoms with van der Waals surface area (Å²) < 4.78 is 38.2. The third-order valence-electron chi connectivity index (χ3n) is 4.95. The third-order valence-corrected chi connectivity index (χ3v) is 7.26. The van der Waals surface area contributed by atoms with Crippen LogP contribution < -0.4 is 19.2 Å². The molecule has 0 fully saturated rings. The normalized spacial score (nSPS) is 11.6. The molecule has 0 saturated heterocycles. The Morgan fingerprint density at radius 3 is 2.29 bits per heavy atom. The van der Waals surface area contributed by atoms with Crippen LogP contribution in [0.15, 0.2) is 76.7 Å². The fraction of sp³-hybridized carbons (Fsp3) is 0.167. The van der Waals surface area contributed by atoms with Gasteiger partial charge in [-0.15, -0.1) is 0 Å². The number of nitrogens with zero attached hydrogens (tertiary/aromatic N) is 2. The molecule has 1 N–H and O–H groups in total. The molecule has 0 heterocycles. The number of nitrogens with one attached hydrogen (secondary N) is 1. The maximum Gasteiger partial charge on any atom is 0.264 e. The molecule has 0 aliphatic carbocycles. The summed E-state index contributed by atoms with van der Waals surface area (Å²) in [6.45, 7) is 1.12. The van der Waals surface area contributed by atoms with E-state index in [0.717, 1.165) is 4.31 Å². The number of sulfonamides is 1. The zero-order valence-corrected chi connectivity index (χ0v) is 21.5. The van der Waals surface area contributed by atoms with Crippen LogP contribution in [-0.4, -0.2) is 40.8 Å². The first-order valence-corrected chi connectivity index (χ1v) is 12.5. The largest absolute Gasteiger partial charge is 0.493 e. The average Bonchev–Trinajstić information content (AvgIpc) is 2.86. The molecular formula is C24H23Cl2N3O5S. The van der Waals surface area contributed by atoms with Crippen LogP contribution in [0.1, 0.15) is 12.5 Å². The van der Waals surface area contributed by atoms with Gasteiger partial charge in [-0.05, 0) is 55.5 Å². The lowest BCUT2D eigenvalue weighted by Crippen LogP contribution is -2.40. The van der Waals surface area contributed by atoms with Gasteiger partial charge >= 0.3 is 0 Å². The molecule has 0 aromatic heterocycles. The molecule has 35 heavy (non-hydrogen) atoms. The van der Waals surface area contributed by atoms with Gasteiger partial charge in [0.2, 0.25) is 0 Å². The van der Waals surface area contributed by atoms with E-state index in [9.17, 15) is 13.2 Å². The first kappa shape index (κ1) is 26.3. The van der Waals surface area contributed by atoms with Crippen LogP contribution in [0.25, 0.3) is 0 Å². The fourth-order valence-corrected chi connectivity index (χ4v) is 5.16. The third kappa shape index (κ3) is 6.25. The molecule has 0 atom stereocenters. The Bertz CT molecular complexity index is 1350. The summed E-state index contributed by atoms with van der Waals surface area (Å²) in [4.78, 5) is 12.8. The summed E-state index contributed by atoms with van der Waals surface area (Å²) in [6, 6.07) is 17.3. The van der Waals surface area contributed by atoms with Crippen LogP contribution in [0.2, 0.25) is 10.0 Å². The van der Waals surface area contributed by atoms with Crippen LogP contribution in [0.4, 0.5) is 5.69 Å². The lowest BCUT2D eigenvalue weighted by molar-refractivity contribution is -0.119. The number of carbonyl (C=O) groups is 1. The maximum absolute atomic E-state index is 13.4. The number of carbonyl (C=O) groups excluding carboxylic acids is 1. The second-order valence-electron chi connectivity index (χ2n) is 7.22. The molecule has 3 aromatic carbocycles. The Labute approximate surface area is 214 Å². The van der Waals surface area contributed by atoms with E-state index >= 15 is 0 Å². The molecule has 184 valence electrons. The average molecular weight is 536 g/mol. The van der Waals surface area contributed by atoms with Crippen molar-refractivity contribution in [3.8, 4) is 11.5 Å². The second-order valence-corrected chi connectivity index (χ2v) is 9.93. The van der Waals surface area contributed by atoms with E-state index in [1.54, 1.807) is 43.3 Å². The van der Waals surface area contributed by atoms with Crippen molar-refractivity contribution < 1.29 is 22.7 Å². The number of hydrazone groups is 1. The number of anilines is 1. The molecule has 11 heteroatoms. The van der Waals surface area contributed by atoms with Gasteiger partial charge in [-0.25, -0.2) is 13.8 Å². The molecular weight excluding hydrogens is 513 g/mol. The molecule has 0 aliphatic rings. The summed E-state index contributed by atoms with van der Waals surface area (Å²) in [5, 5.41) is 4.52. The van der Waals surface area contributed by atoms with Crippen LogP contribution in [0.3, 0.4) is 0 Å². The van der Waals surface area contributed by atoms with Gasteiger partial charge in [0, 0.05) is 10.6 Å². The number of hydrogen-bond donors (Lipinski definition) is 1. The molecule has 0 unspecified atom stereocenters. The van der Waals surface area contributed by atoms with Gasteiger partial charge in [-0.1, -0.05) is 41.4 Å². The molecule has 8 nitrogen and oxygen atoms in total. The first-order valence-electron chi connectivity index (χ1n) is 10.3. The molecule has 0 spiro atoms. The predicted molar refractivity (Wildman–Crippen MR) is 137 cm³/mol. The van der Waals surface area contributed by atoms with Crippen molar-refractivity contribution in [3.63, 3.8) is 0 Å². The predicted octanol–water partition coefficient (Wildman–Crippen LogP) is 4.75. The van der Waals surface area contributed by atoms with Crippen LogP contribution in [0, 0.1) is 0 Å². The topological polar surface area (TPSA) is 97.3 Å². The van der Waals surface area contributed by atoms with Crippen molar-refractivity contribution in [2.45, 2.75) is 11.8 Å². The van der Waals surface area contributed by atoms with E-state index in [-0.39, 0.29) is 15.6 Å². The number of methoxy groups -OCH3 is 2. The highest BCUT2D eigenvalue weighted by Crippen LogP contribution is 2.32. The van der Waals surface area contributed by atoms with Crippen LogP contribution >= 0.6 is 23.2 Å². The van der Waals surface area contributed by atoms with Gasteiger partial charge in [0.15, 0.2) is 11.5 Å². The van der Waals surface area contributed by atoms with Crippen molar-refractivity contribution in [1.29, 1.82) is 0 Å². The molecule has 1 amide bonds. The number of halogens is 2. The van der Waals surface area contributed by atoms with Gasteiger partial charge in [0.1, 0.15) is 6.54 Å². The summed E-state index contributed by atoms with van der Waals surface area (Å²) in [6.07, 6.45) is 0. The van der Waals surface area contributed by atoms with Crippen molar-refractivity contribution >= 4 is 50.5 Å². The van der Waals surface area contributed by atoms with E-state index in [1.165, 1.54) is 44.6 Å². The standard InChI is InChI=1S/C24H23Cl2N3O5S/c1-16(17-9-12-22(33-2)23(13-17)34-3)27-28-24(30)15-29(21-11-10-18(25)14-20(21)26)35(31,32)19-7-5-4-6-8-19/h4-14H,15H2,1-3H3,(H,28,30)/b27-16-. The highest BCUT2D eigenvalue weighted by atomic mass is 35.5.